The third kappa shape index (κ3) is 6.91. The van der Waals surface area contributed by atoms with Gasteiger partial charge in [-0.15, -0.1) is 0 Å². The fraction of sp³-hybridized carbons (Fsp3) is 1.00. The molecule has 2 heteroatoms. The fourth-order valence-corrected chi connectivity index (χ4v) is 2.10. The molecular formula is C13H28N2. The van der Waals surface area contributed by atoms with Crippen LogP contribution < -0.4 is 5.32 Å². The molecule has 0 aromatic rings. The summed E-state index contributed by atoms with van der Waals surface area (Å²) >= 11 is 0. The first kappa shape index (κ1) is 13.0. The molecule has 0 amide bonds. The molecule has 0 aliphatic carbocycles. The van der Waals surface area contributed by atoms with E-state index in [4.69, 9.17) is 0 Å². The molecule has 1 aliphatic rings. The Balaban J connectivity index is 1.92. The van der Waals surface area contributed by atoms with Crippen molar-refractivity contribution in [1.29, 1.82) is 0 Å². The lowest BCUT2D eigenvalue weighted by atomic mass is 9.89. The van der Waals surface area contributed by atoms with Crippen LogP contribution in [-0.2, 0) is 0 Å². The highest BCUT2D eigenvalue weighted by molar-refractivity contribution is 4.67. The zero-order chi connectivity index (χ0) is 11.1. The smallest absolute Gasteiger partial charge is 0.0107 e. The minimum atomic E-state index is 0.523. The van der Waals surface area contributed by atoms with Gasteiger partial charge in [-0.2, -0.15) is 0 Å². The second-order valence-electron chi connectivity index (χ2n) is 5.96. The third-order valence-electron chi connectivity index (χ3n) is 3.11. The Labute approximate surface area is 95.4 Å². The second kappa shape index (κ2) is 6.49. The Bertz CT molecular complexity index is 154. The molecule has 1 heterocycles. The number of unbranched alkanes of at least 4 members (excludes halogenated alkanes) is 2. The van der Waals surface area contributed by atoms with Gasteiger partial charge in [0, 0.05) is 26.2 Å². The zero-order valence-electron chi connectivity index (χ0n) is 10.8. The molecule has 1 fully saturated rings. The summed E-state index contributed by atoms with van der Waals surface area (Å²) in [5.41, 5.74) is 0.523. The summed E-state index contributed by atoms with van der Waals surface area (Å²) in [5, 5.41) is 3.39. The molecule has 0 radical (unpaired) electrons. The molecule has 1 N–H and O–H groups in total. The molecule has 0 spiro atoms. The van der Waals surface area contributed by atoms with Crippen molar-refractivity contribution in [3.63, 3.8) is 0 Å². The zero-order valence-corrected chi connectivity index (χ0v) is 10.8. The Kier molecular flexibility index (Phi) is 5.62. The van der Waals surface area contributed by atoms with Crippen molar-refractivity contribution in [3.8, 4) is 0 Å². The molecule has 2 nitrogen and oxygen atoms in total. The maximum atomic E-state index is 3.39. The van der Waals surface area contributed by atoms with E-state index in [1.165, 1.54) is 58.4 Å². The Hall–Kier alpha value is -0.0800. The number of nitrogens with zero attached hydrogens (tertiary/aromatic N) is 1. The maximum absolute atomic E-state index is 3.39. The molecule has 15 heavy (non-hydrogen) atoms. The van der Waals surface area contributed by atoms with E-state index >= 15 is 0 Å². The lowest BCUT2D eigenvalue weighted by molar-refractivity contribution is 0.234. The lowest BCUT2D eigenvalue weighted by Gasteiger charge is -2.27. The molecule has 0 aromatic carbocycles. The summed E-state index contributed by atoms with van der Waals surface area (Å²) in [6.45, 7) is 13.2. The molecule has 1 rings (SSSR count). The van der Waals surface area contributed by atoms with Crippen molar-refractivity contribution >= 4 is 0 Å². The van der Waals surface area contributed by atoms with Gasteiger partial charge in [-0.3, -0.25) is 0 Å². The Morgan fingerprint density at radius 2 is 1.67 bits per heavy atom. The van der Waals surface area contributed by atoms with E-state index in [9.17, 15) is 0 Å². The van der Waals surface area contributed by atoms with Crippen LogP contribution in [0, 0.1) is 5.41 Å². The molecular weight excluding hydrogens is 184 g/mol. The topological polar surface area (TPSA) is 15.3 Å². The van der Waals surface area contributed by atoms with Crippen molar-refractivity contribution in [2.75, 3.05) is 32.7 Å². The van der Waals surface area contributed by atoms with Gasteiger partial charge in [0.15, 0.2) is 0 Å². The summed E-state index contributed by atoms with van der Waals surface area (Å²) in [7, 11) is 0. The molecule has 1 aliphatic heterocycles. The molecule has 0 bridgehead atoms. The van der Waals surface area contributed by atoms with Gasteiger partial charge in [-0.25, -0.2) is 0 Å². The summed E-state index contributed by atoms with van der Waals surface area (Å²) in [5.74, 6) is 0. The monoisotopic (exact) mass is 212 g/mol. The minimum absolute atomic E-state index is 0.523. The number of hydrogen-bond acceptors (Lipinski definition) is 2. The van der Waals surface area contributed by atoms with Crippen molar-refractivity contribution < 1.29 is 0 Å². The van der Waals surface area contributed by atoms with E-state index in [-0.39, 0.29) is 0 Å². The summed E-state index contributed by atoms with van der Waals surface area (Å²) < 4.78 is 0. The van der Waals surface area contributed by atoms with Crippen LogP contribution in [0.3, 0.4) is 0 Å². The van der Waals surface area contributed by atoms with Crippen LogP contribution in [-0.4, -0.2) is 37.6 Å². The van der Waals surface area contributed by atoms with Crippen molar-refractivity contribution in [2.45, 2.75) is 46.5 Å². The number of nitrogens with one attached hydrogen (secondary N) is 1. The lowest BCUT2D eigenvalue weighted by Crippen LogP contribution is -2.43. The van der Waals surface area contributed by atoms with Crippen molar-refractivity contribution in [1.82, 2.24) is 10.2 Å². The van der Waals surface area contributed by atoms with Gasteiger partial charge in [0.05, 0.1) is 0 Å². The molecule has 0 atom stereocenters. The molecule has 0 saturated carbocycles. The van der Waals surface area contributed by atoms with E-state index in [0.29, 0.717) is 5.41 Å². The van der Waals surface area contributed by atoms with Crippen LogP contribution in [0.1, 0.15) is 46.5 Å². The van der Waals surface area contributed by atoms with Gasteiger partial charge in [0.25, 0.3) is 0 Å². The quantitative estimate of drug-likeness (QED) is 0.704. The van der Waals surface area contributed by atoms with Gasteiger partial charge in [-0.05, 0) is 24.8 Å². The second-order valence-corrected chi connectivity index (χ2v) is 5.96. The summed E-state index contributed by atoms with van der Waals surface area (Å²) in [4.78, 5) is 2.59. The van der Waals surface area contributed by atoms with Gasteiger partial charge < -0.3 is 10.2 Å². The van der Waals surface area contributed by atoms with Gasteiger partial charge in [0.1, 0.15) is 0 Å². The van der Waals surface area contributed by atoms with Crippen LogP contribution >= 0.6 is 0 Å². The molecule has 0 unspecified atom stereocenters. The average Bonchev–Trinajstić information content (AvgIpc) is 2.17. The van der Waals surface area contributed by atoms with Crippen LogP contribution in [0.2, 0.25) is 0 Å². The highest BCUT2D eigenvalue weighted by Crippen LogP contribution is 2.21. The van der Waals surface area contributed by atoms with Gasteiger partial charge in [-0.1, -0.05) is 33.6 Å². The summed E-state index contributed by atoms with van der Waals surface area (Å²) in [6.07, 6.45) is 5.56. The Morgan fingerprint density at radius 1 is 1.00 bits per heavy atom. The highest BCUT2D eigenvalue weighted by Gasteiger charge is 2.10. The van der Waals surface area contributed by atoms with E-state index in [1.54, 1.807) is 0 Å². The normalized spacial score (nSPS) is 19.4. The van der Waals surface area contributed by atoms with Crippen LogP contribution in [0.15, 0.2) is 0 Å². The van der Waals surface area contributed by atoms with Crippen LogP contribution in [0.5, 0.6) is 0 Å². The number of piperazine rings is 1. The third-order valence-corrected chi connectivity index (χ3v) is 3.11. The van der Waals surface area contributed by atoms with Crippen LogP contribution in [0.4, 0.5) is 0 Å². The molecule has 1 saturated heterocycles. The van der Waals surface area contributed by atoms with Crippen molar-refractivity contribution in [3.05, 3.63) is 0 Å². The Morgan fingerprint density at radius 3 is 2.27 bits per heavy atom. The highest BCUT2D eigenvalue weighted by atomic mass is 15.2. The molecule has 90 valence electrons. The standard InChI is InChI=1S/C13H28N2/c1-13(2,3)7-5-4-6-10-15-11-8-14-9-12-15/h14H,4-12H2,1-3H3. The fourth-order valence-electron chi connectivity index (χ4n) is 2.10. The predicted molar refractivity (Wildman–Crippen MR) is 67.2 cm³/mol. The maximum Gasteiger partial charge on any atom is 0.0107 e. The van der Waals surface area contributed by atoms with E-state index < -0.39 is 0 Å². The van der Waals surface area contributed by atoms with E-state index in [0.717, 1.165) is 0 Å². The van der Waals surface area contributed by atoms with Gasteiger partial charge in [0.2, 0.25) is 0 Å². The first-order valence-electron chi connectivity index (χ1n) is 6.51. The SMILES string of the molecule is CC(C)(C)CCCCCN1CCNCC1. The van der Waals surface area contributed by atoms with E-state index in [2.05, 4.69) is 31.0 Å². The van der Waals surface area contributed by atoms with Gasteiger partial charge >= 0.3 is 0 Å². The minimum Gasteiger partial charge on any atom is -0.314 e. The number of hydrogen-bond donors (Lipinski definition) is 1. The largest absolute Gasteiger partial charge is 0.314 e. The average molecular weight is 212 g/mol. The van der Waals surface area contributed by atoms with Crippen LogP contribution in [0.25, 0.3) is 0 Å². The number of rotatable bonds is 5. The van der Waals surface area contributed by atoms with E-state index in [1.807, 2.05) is 0 Å². The summed E-state index contributed by atoms with van der Waals surface area (Å²) in [6, 6.07) is 0. The van der Waals surface area contributed by atoms with Crippen molar-refractivity contribution in [2.24, 2.45) is 5.41 Å². The first-order valence-corrected chi connectivity index (χ1v) is 6.51. The predicted octanol–water partition coefficient (Wildman–Crippen LogP) is 2.50. The molecule has 0 aromatic heterocycles. The first-order chi connectivity index (χ1) is 7.08.